The van der Waals surface area contributed by atoms with Crippen LogP contribution < -0.4 is 11.3 Å². The molecule has 2 aromatic heterocycles. The van der Waals surface area contributed by atoms with Crippen molar-refractivity contribution in [2.24, 2.45) is 5.84 Å². The molecule has 0 aliphatic rings. The number of anilines is 1. The zero-order chi connectivity index (χ0) is 11.4. The maximum atomic E-state index is 5.33. The van der Waals surface area contributed by atoms with Gasteiger partial charge >= 0.3 is 0 Å². The van der Waals surface area contributed by atoms with E-state index < -0.39 is 0 Å². The van der Waals surface area contributed by atoms with Gasteiger partial charge in [-0.3, -0.25) is 0 Å². The van der Waals surface area contributed by atoms with Gasteiger partial charge in [-0.2, -0.15) is 0 Å². The Hall–Kier alpha value is -1.92. The molecule has 0 fully saturated rings. The van der Waals surface area contributed by atoms with Gasteiger partial charge in [0.1, 0.15) is 5.82 Å². The van der Waals surface area contributed by atoms with Crippen molar-refractivity contribution >= 4 is 5.82 Å². The van der Waals surface area contributed by atoms with E-state index in [2.05, 4.69) is 15.4 Å². The van der Waals surface area contributed by atoms with Crippen molar-refractivity contribution in [3.63, 3.8) is 0 Å². The highest BCUT2D eigenvalue weighted by atomic mass is 16.5. The fourth-order valence-electron chi connectivity index (χ4n) is 1.31. The molecule has 0 aliphatic carbocycles. The van der Waals surface area contributed by atoms with E-state index in [0.717, 1.165) is 5.69 Å². The van der Waals surface area contributed by atoms with Gasteiger partial charge in [0, 0.05) is 13.2 Å². The van der Waals surface area contributed by atoms with E-state index in [4.69, 9.17) is 15.0 Å². The summed E-state index contributed by atoms with van der Waals surface area (Å²) >= 11 is 0. The van der Waals surface area contributed by atoms with Crippen molar-refractivity contribution < 1.29 is 9.15 Å². The summed E-state index contributed by atoms with van der Waals surface area (Å²) in [6, 6.07) is 5.28. The molecule has 2 aromatic rings. The summed E-state index contributed by atoms with van der Waals surface area (Å²) in [5, 5.41) is 0. The maximum absolute atomic E-state index is 5.33. The number of methoxy groups -OCH3 is 1. The molecule has 6 nitrogen and oxygen atoms in total. The fourth-order valence-corrected chi connectivity index (χ4v) is 1.31. The molecular weight excluding hydrogens is 208 g/mol. The van der Waals surface area contributed by atoms with Crippen LogP contribution in [0, 0.1) is 0 Å². The number of nitrogens with one attached hydrogen (secondary N) is 1. The number of nitrogens with two attached hydrogens (primary N) is 1. The van der Waals surface area contributed by atoms with Gasteiger partial charge in [-0.25, -0.2) is 15.8 Å². The lowest BCUT2D eigenvalue weighted by molar-refractivity contribution is 0.181. The Labute approximate surface area is 92.4 Å². The summed E-state index contributed by atoms with van der Waals surface area (Å²) in [5.41, 5.74) is 3.21. The largest absolute Gasteiger partial charge is 0.461 e. The lowest BCUT2D eigenvalue weighted by atomic mass is 10.3. The van der Waals surface area contributed by atoms with E-state index in [1.165, 1.54) is 0 Å². The molecule has 0 saturated carbocycles. The predicted octanol–water partition coefficient (Wildman–Crippen LogP) is 1.17. The molecular formula is C10H12N4O2. The third-order valence-electron chi connectivity index (χ3n) is 1.96. The molecule has 6 heteroatoms. The topological polar surface area (TPSA) is 86.2 Å². The van der Waals surface area contributed by atoms with Gasteiger partial charge in [-0.15, -0.1) is 0 Å². The van der Waals surface area contributed by atoms with Crippen molar-refractivity contribution in [1.82, 2.24) is 9.97 Å². The molecule has 0 amide bonds. The van der Waals surface area contributed by atoms with Crippen LogP contribution >= 0.6 is 0 Å². The molecule has 0 atom stereocenters. The fraction of sp³-hybridized carbons (Fsp3) is 0.200. The summed E-state index contributed by atoms with van der Waals surface area (Å²) in [6.45, 7) is 0.394. The number of nitrogen functional groups attached to an aromatic ring is 1. The number of rotatable bonds is 4. The Morgan fingerprint density at radius 2 is 2.38 bits per heavy atom. The standard InChI is InChI=1S/C10H12N4O2/c1-15-6-7-5-9(14-11)13-10(12-7)8-3-2-4-16-8/h2-5H,6,11H2,1H3,(H,12,13,14). The van der Waals surface area contributed by atoms with Crippen molar-refractivity contribution in [2.75, 3.05) is 12.5 Å². The molecule has 2 rings (SSSR count). The SMILES string of the molecule is COCc1cc(NN)nc(-c2ccco2)n1. The first-order valence-electron chi connectivity index (χ1n) is 4.71. The van der Waals surface area contributed by atoms with Gasteiger partial charge in [0.15, 0.2) is 11.6 Å². The highest BCUT2D eigenvalue weighted by Gasteiger charge is 2.08. The minimum atomic E-state index is 0.394. The molecule has 0 aliphatic heterocycles. The molecule has 3 N–H and O–H groups in total. The molecule has 16 heavy (non-hydrogen) atoms. The molecule has 0 unspecified atom stereocenters. The first kappa shape index (κ1) is 10.6. The average molecular weight is 220 g/mol. The van der Waals surface area contributed by atoms with Crippen molar-refractivity contribution in [3.05, 3.63) is 30.2 Å². The number of ether oxygens (including phenoxy) is 1. The van der Waals surface area contributed by atoms with E-state index in [1.807, 2.05) is 0 Å². The van der Waals surface area contributed by atoms with Gasteiger partial charge in [0.2, 0.25) is 0 Å². The Bertz CT molecular complexity index is 456. The molecule has 2 heterocycles. The van der Waals surface area contributed by atoms with E-state index in [-0.39, 0.29) is 0 Å². The van der Waals surface area contributed by atoms with Gasteiger partial charge in [-0.1, -0.05) is 0 Å². The molecule has 84 valence electrons. The predicted molar refractivity (Wildman–Crippen MR) is 58.3 cm³/mol. The van der Waals surface area contributed by atoms with E-state index in [9.17, 15) is 0 Å². The average Bonchev–Trinajstić information content (AvgIpc) is 2.82. The quantitative estimate of drug-likeness (QED) is 0.594. The van der Waals surface area contributed by atoms with E-state index in [0.29, 0.717) is 24.0 Å². The molecule has 0 saturated heterocycles. The summed E-state index contributed by atoms with van der Waals surface area (Å²) < 4.78 is 10.2. The number of hydrazine groups is 1. The van der Waals surface area contributed by atoms with Crippen LogP contribution in [0.25, 0.3) is 11.6 Å². The minimum absolute atomic E-state index is 0.394. The number of furan rings is 1. The number of nitrogens with zero attached hydrogens (tertiary/aromatic N) is 2. The van der Waals surface area contributed by atoms with Crippen LogP contribution in [-0.4, -0.2) is 17.1 Å². The normalized spacial score (nSPS) is 10.4. The second-order valence-corrected chi connectivity index (χ2v) is 3.12. The van der Waals surface area contributed by atoms with Crippen molar-refractivity contribution in [2.45, 2.75) is 6.61 Å². The molecule has 0 aromatic carbocycles. The maximum Gasteiger partial charge on any atom is 0.197 e. The van der Waals surface area contributed by atoms with Crippen LogP contribution in [0.2, 0.25) is 0 Å². The van der Waals surface area contributed by atoms with E-state index >= 15 is 0 Å². The van der Waals surface area contributed by atoms with E-state index in [1.54, 1.807) is 31.6 Å². The summed E-state index contributed by atoms with van der Waals surface area (Å²) in [5.74, 6) is 6.92. The minimum Gasteiger partial charge on any atom is -0.461 e. The van der Waals surface area contributed by atoms with Crippen LogP contribution in [-0.2, 0) is 11.3 Å². The van der Waals surface area contributed by atoms with Crippen LogP contribution in [0.15, 0.2) is 28.9 Å². The molecule has 0 radical (unpaired) electrons. The second kappa shape index (κ2) is 4.73. The Morgan fingerprint density at radius 3 is 3.00 bits per heavy atom. The zero-order valence-electron chi connectivity index (χ0n) is 8.80. The molecule has 0 bridgehead atoms. The number of hydrogen-bond donors (Lipinski definition) is 2. The first-order chi connectivity index (χ1) is 7.83. The summed E-state index contributed by atoms with van der Waals surface area (Å²) in [7, 11) is 1.60. The van der Waals surface area contributed by atoms with Crippen LogP contribution in [0.5, 0.6) is 0 Å². The second-order valence-electron chi connectivity index (χ2n) is 3.12. The Morgan fingerprint density at radius 1 is 1.50 bits per heavy atom. The van der Waals surface area contributed by atoms with Gasteiger partial charge in [-0.05, 0) is 12.1 Å². The Balaban J connectivity index is 2.41. The van der Waals surface area contributed by atoms with Crippen molar-refractivity contribution in [3.8, 4) is 11.6 Å². The zero-order valence-corrected chi connectivity index (χ0v) is 8.80. The number of hydrogen-bond acceptors (Lipinski definition) is 6. The van der Waals surface area contributed by atoms with Crippen LogP contribution in [0.1, 0.15) is 5.69 Å². The summed E-state index contributed by atoms with van der Waals surface area (Å²) in [6.07, 6.45) is 1.57. The Kier molecular flexibility index (Phi) is 3.13. The lowest BCUT2D eigenvalue weighted by Crippen LogP contribution is -2.10. The smallest absolute Gasteiger partial charge is 0.197 e. The highest BCUT2D eigenvalue weighted by Crippen LogP contribution is 2.18. The third-order valence-corrected chi connectivity index (χ3v) is 1.96. The van der Waals surface area contributed by atoms with Crippen LogP contribution in [0.3, 0.4) is 0 Å². The third kappa shape index (κ3) is 2.18. The molecule has 0 spiro atoms. The monoisotopic (exact) mass is 220 g/mol. The number of aromatic nitrogens is 2. The highest BCUT2D eigenvalue weighted by molar-refractivity contribution is 5.50. The van der Waals surface area contributed by atoms with Gasteiger partial charge in [0.25, 0.3) is 0 Å². The van der Waals surface area contributed by atoms with Gasteiger partial charge < -0.3 is 14.6 Å². The summed E-state index contributed by atoms with van der Waals surface area (Å²) in [4.78, 5) is 8.47. The van der Waals surface area contributed by atoms with Gasteiger partial charge in [0.05, 0.1) is 18.6 Å². The van der Waals surface area contributed by atoms with Crippen LogP contribution in [0.4, 0.5) is 5.82 Å². The first-order valence-corrected chi connectivity index (χ1v) is 4.71. The van der Waals surface area contributed by atoms with Crippen molar-refractivity contribution in [1.29, 1.82) is 0 Å². The lowest BCUT2D eigenvalue weighted by Gasteiger charge is -2.05.